The average Bonchev–Trinajstić information content (AvgIpc) is 2.67. The molecule has 1 aromatic carbocycles. The summed E-state index contributed by atoms with van der Waals surface area (Å²) in [7, 11) is 0. The number of hydrogen-bond donors (Lipinski definition) is 1. The second-order valence-electron chi connectivity index (χ2n) is 4.43. The van der Waals surface area contributed by atoms with Crippen LogP contribution in [0.4, 0.5) is 0 Å². The highest BCUT2D eigenvalue weighted by molar-refractivity contribution is 8.14. The fraction of sp³-hybridized carbons (Fsp3) is 0.286. The topological polar surface area (TPSA) is 54.4 Å². The standard InChI is InChI=1S/C14H14O3S/c1-8-7-12(15)18-13(8)11-5-3-10(4-6-11)9(2)14(16)17/h3-7,9,13H,1-2H3,(H,16,17). The number of rotatable bonds is 3. The van der Waals surface area contributed by atoms with E-state index in [9.17, 15) is 9.59 Å². The molecule has 0 aliphatic carbocycles. The minimum Gasteiger partial charge on any atom is -0.481 e. The fourth-order valence-electron chi connectivity index (χ4n) is 1.94. The summed E-state index contributed by atoms with van der Waals surface area (Å²) < 4.78 is 0. The van der Waals surface area contributed by atoms with E-state index in [0.29, 0.717) is 0 Å². The van der Waals surface area contributed by atoms with Gasteiger partial charge in [-0.25, -0.2) is 0 Å². The maximum absolute atomic E-state index is 11.3. The summed E-state index contributed by atoms with van der Waals surface area (Å²) >= 11 is 1.30. The Morgan fingerprint density at radius 3 is 2.39 bits per heavy atom. The van der Waals surface area contributed by atoms with Crippen molar-refractivity contribution in [2.24, 2.45) is 0 Å². The van der Waals surface area contributed by atoms with Crippen LogP contribution in [0.5, 0.6) is 0 Å². The molecule has 2 atom stereocenters. The molecule has 1 aromatic rings. The molecule has 0 bridgehead atoms. The number of aliphatic carboxylic acids is 1. The molecule has 18 heavy (non-hydrogen) atoms. The highest BCUT2D eigenvalue weighted by Gasteiger charge is 2.24. The Morgan fingerprint density at radius 2 is 1.94 bits per heavy atom. The quantitative estimate of drug-likeness (QED) is 0.909. The molecule has 0 radical (unpaired) electrons. The Hall–Kier alpha value is -1.55. The Kier molecular flexibility index (Phi) is 3.57. The van der Waals surface area contributed by atoms with Gasteiger partial charge in [0.1, 0.15) is 0 Å². The van der Waals surface area contributed by atoms with Crippen LogP contribution >= 0.6 is 11.8 Å². The van der Waals surface area contributed by atoms with E-state index in [0.717, 1.165) is 16.7 Å². The molecule has 1 N–H and O–H groups in total. The number of benzene rings is 1. The molecule has 0 fully saturated rings. The van der Waals surface area contributed by atoms with Gasteiger partial charge in [0.2, 0.25) is 5.12 Å². The first kappa shape index (κ1) is 12.9. The van der Waals surface area contributed by atoms with E-state index >= 15 is 0 Å². The van der Waals surface area contributed by atoms with Crippen molar-refractivity contribution < 1.29 is 14.7 Å². The van der Waals surface area contributed by atoms with Crippen LogP contribution in [0, 0.1) is 0 Å². The second kappa shape index (κ2) is 4.98. The van der Waals surface area contributed by atoms with E-state index in [2.05, 4.69) is 0 Å². The van der Waals surface area contributed by atoms with Crippen molar-refractivity contribution in [2.45, 2.75) is 25.0 Å². The third kappa shape index (κ3) is 2.48. The van der Waals surface area contributed by atoms with Gasteiger partial charge in [-0.15, -0.1) is 0 Å². The zero-order chi connectivity index (χ0) is 13.3. The first-order valence-corrected chi connectivity index (χ1v) is 6.58. The van der Waals surface area contributed by atoms with Crippen molar-refractivity contribution in [3.05, 3.63) is 47.0 Å². The third-order valence-electron chi connectivity index (χ3n) is 3.10. The van der Waals surface area contributed by atoms with Gasteiger partial charge < -0.3 is 5.11 Å². The number of hydrogen-bond acceptors (Lipinski definition) is 3. The molecule has 3 nitrogen and oxygen atoms in total. The molecule has 0 saturated carbocycles. The lowest BCUT2D eigenvalue weighted by atomic mass is 9.98. The number of carboxylic acids is 1. The molecule has 0 aromatic heterocycles. The van der Waals surface area contributed by atoms with Gasteiger partial charge in [-0.2, -0.15) is 0 Å². The van der Waals surface area contributed by atoms with Crippen LogP contribution in [0.1, 0.15) is 36.1 Å². The van der Waals surface area contributed by atoms with Crippen LogP contribution in [0.25, 0.3) is 0 Å². The molecular formula is C14H14O3S. The minimum absolute atomic E-state index is 0.0756. The van der Waals surface area contributed by atoms with Crippen LogP contribution in [-0.2, 0) is 9.59 Å². The van der Waals surface area contributed by atoms with Crippen molar-refractivity contribution in [3.8, 4) is 0 Å². The van der Waals surface area contributed by atoms with Gasteiger partial charge in [-0.3, -0.25) is 9.59 Å². The zero-order valence-corrected chi connectivity index (χ0v) is 11.0. The number of carboxylic acid groups (broad SMARTS) is 1. The highest BCUT2D eigenvalue weighted by Crippen LogP contribution is 2.41. The molecule has 1 aliphatic rings. The van der Waals surface area contributed by atoms with Crippen LogP contribution < -0.4 is 0 Å². The maximum atomic E-state index is 11.3. The van der Waals surface area contributed by atoms with Gasteiger partial charge >= 0.3 is 5.97 Å². The first-order chi connectivity index (χ1) is 8.49. The molecule has 0 spiro atoms. The molecule has 2 rings (SSSR count). The van der Waals surface area contributed by atoms with Crippen molar-refractivity contribution in [1.29, 1.82) is 0 Å². The van der Waals surface area contributed by atoms with E-state index in [1.165, 1.54) is 11.8 Å². The predicted octanol–water partition coefficient (Wildman–Crippen LogP) is 3.14. The lowest BCUT2D eigenvalue weighted by Crippen LogP contribution is -2.07. The van der Waals surface area contributed by atoms with Crippen molar-refractivity contribution in [2.75, 3.05) is 0 Å². The number of carbonyl (C=O) groups excluding carboxylic acids is 1. The van der Waals surface area contributed by atoms with Gasteiger partial charge in [-0.05, 0) is 31.1 Å². The lowest BCUT2D eigenvalue weighted by Gasteiger charge is -2.12. The van der Waals surface area contributed by atoms with Gasteiger partial charge in [-0.1, -0.05) is 41.6 Å². The Balaban J connectivity index is 2.21. The largest absolute Gasteiger partial charge is 0.481 e. The minimum atomic E-state index is -0.829. The van der Waals surface area contributed by atoms with Crippen LogP contribution in [0.3, 0.4) is 0 Å². The summed E-state index contributed by atoms with van der Waals surface area (Å²) in [5.41, 5.74) is 2.87. The summed E-state index contributed by atoms with van der Waals surface area (Å²) in [6, 6.07) is 7.46. The zero-order valence-electron chi connectivity index (χ0n) is 10.2. The van der Waals surface area contributed by atoms with Crippen molar-refractivity contribution >= 4 is 22.8 Å². The van der Waals surface area contributed by atoms with E-state index < -0.39 is 11.9 Å². The third-order valence-corrected chi connectivity index (χ3v) is 4.33. The summed E-state index contributed by atoms with van der Waals surface area (Å²) in [6.07, 6.45) is 1.66. The lowest BCUT2D eigenvalue weighted by molar-refractivity contribution is -0.138. The smallest absolute Gasteiger partial charge is 0.310 e. The van der Waals surface area contributed by atoms with E-state index in [1.54, 1.807) is 13.0 Å². The summed E-state index contributed by atoms with van der Waals surface area (Å²) in [5, 5.41) is 9.09. The van der Waals surface area contributed by atoms with Crippen LogP contribution in [0.15, 0.2) is 35.9 Å². The number of thioether (sulfide) groups is 1. The summed E-state index contributed by atoms with van der Waals surface area (Å²) in [4.78, 5) is 22.2. The van der Waals surface area contributed by atoms with Gasteiger partial charge in [0.05, 0.1) is 11.2 Å². The van der Waals surface area contributed by atoms with Gasteiger partial charge in [0.25, 0.3) is 0 Å². The maximum Gasteiger partial charge on any atom is 0.310 e. The monoisotopic (exact) mass is 262 g/mol. The molecule has 1 heterocycles. The van der Waals surface area contributed by atoms with E-state index in [1.807, 2.05) is 31.2 Å². The molecule has 0 saturated heterocycles. The molecule has 1 aliphatic heterocycles. The molecule has 2 unspecified atom stereocenters. The van der Waals surface area contributed by atoms with Gasteiger partial charge in [0.15, 0.2) is 0 Å². The normalized spacial score (nSPS) is 20.7. The first-order valence-electron chi connectivity index (χ1n) is 5.70. The molecule has 4 heteroatoms. The van der Waals surface area contributed by atoms with Crippen LogP contribution in [-0.4, -0.2) is 16.2 Å². The fourth-order valence-corrected chi connectivity index (χ4v) is 2.97. The second-order valence-corrected chi connectivity index (χ2v) is 5.54. The summed E-state index contributed by atoms with van der Waals surface area (Å²) in [5.74, 6) is -1.34. The number of carbonyl (C=O) groups is 2. The van der Waals surface area contributed by atoms with Crippen molar-refractivity contribution in [1.82, 2.24) is 0 Å². The Morgan fingerprint density at radius 1 is 1.33 bits per heavy atom. The molecular weight excluding hydrogens is 248 g/mol. The molecule has 0 amide bonds. The van der Waals surface area contributed by atoms with Crippen LogP contribution in [0.2, 0.25) is 0 Å². The van der Waals surface area contributed by atoms with E-state index in [-0.39, 0.29) is 10.4 Å². The Bertz CT molecular complexity index is 516. The van der Waals surface area contributed by atoms with E-state index in [4.69, 9.17) is 5.11 Å². The Labute approximate surface area is 110 Å². The summed E-state index contributed by atoms with van der Waals surface area (Å²) in [6.45, 7) is 3.60. The molecule has 94 valence electrons. The average molecular weight is 262 g/mol. The van der Waals surface area contributed by atoms with Crippen molar-refractivity contribution in [3.63, 3.8) is 0 Å². The predicted molar refractivity (Wildman–Crippen MR) is 71.6 cm³/mol. The SMILES string of the molecule is CC1=CC(=O)SC1c1ccc(C(C)C(=O)O)cc1. The highest BCUT2D eigenvalue weighted by atomic mass is 32.2. The van der Waals surface area contributed by atoms with Gasteiger partial charge in [0, 0.05) is 0 Å².